The normalized spacial score (nSPS) is 19.1. The molecule has 0 N–H and O–H groups in total. The zero-order chi connectivity index (χ0) is 12.6. The van der Waals surface area contributed by atoms with E-state index in [4.69, 9.17) is 9.47 Å². The maximum Gasteiger partial charge on any atom is 0.0649 e. The Hall–Kier alpha value is -0.0800. The molecule has 0 aliphatic rings. The van der Waals surface area contributed by atoms with E-state index in [0.29, 0.717) is 23.9 Å². The summed E-state index contributed by atoms with van der Waals surface area (Å²) in [5, 5.41) is 0. The van der Waals surface area contributed by atoms with Crippen LogP contribution in [-0.2, 0) is 9.47 Å². The standard InChI is InChI=1S/C14H30O2/c1-7-9-12(4)14(16-6)13(10-15-5)11(3)8-2/h11-14H,7-10H2,1-6H3. The largest absolute Gasteiger partial charge is 0.384 e. The highest BCUT2D eigenvalue weighted by Gasteiger charge is 2.29. The first-order chi connectivity index (χ1) is 7.62. The molecular weight excluding hydrogens is 200 g/mol. The van der Waals surface area contributed by atoms with Crippen LogP contribution >= 0.6 is 0 Å². The quantitative estimate of drug-likeness (QED) is 0.600. The van der Waals surface area contributed by atoms with Crippen molar-refractivity contribution in [3.05, 3.63) is 0 Å². The highest BCUT2D eigenvalue weighted by atomic mass is 16.5. The summed E-state index contributed by atoms with van der Waals surface area (Å²) in [6.07, 6.45) is 3.97. The lowest BCUT2D eigenvalue weighted by molar-refractivity contribution is -0.0397. The number of methoxy groups -OCH3 is 2. The van der Waals surface area contributed by atoms with Crippen LogP contribution in [0.1, 0.15) is 47.0 Å². The summed E-state index contributed by atoms with van der Waals surface area (Å²) >= 11 is 0. The Balaban J connectivity index is 4.55. The molecule has 2 nitrogen and oxygen atoms in total. The van der Waals surface area contributed by atoms with Gasteiger partial charge >= 0.3 is 0 Å². The number of hydrogen-bond acceptors (Lipinski definition) is 2. The Morgan fingerprint density at radius 2 is 1.62 bits per heavy atom. The van der Waals surface area contributed by atoms with Crippen LogP contribution in [0.25, 0.3) is 0 Å². The molecule has 0 aliphatic carbocycles. The fourth-order valence-corrected chi connectivity index (χ4v) is 2.53. The number of rotatable bonds is 9. The van der Waals surface area contributed by atoms with Crippen molar-refractivity contribution in [3.63, 3.8) is 0 Å². The van der Waals surface area contributed by atoms with Gasteiger partial charge in [-0.1, -0.05) is 40.5 Å². The predicted molar refractivity (Wildman–Crippen MR) is 69.7 cm³/mol. The fourth-order valence-electron chi connectivity index (χ4n) is 2.53. The van der Waals surface area contributed by atoms with Crippen LogP contribution in [0.15, 0.2) is 0 Å². The van der Waals surface area contributed by atoms with Crippen molar-refractivity contribution >= 4 is 0 Å². The maximum absolute atomic E-state index is 5.72. The Morgan fingerprint density at radius 1 is 1.00 bits per heavy atom. The second-order valence-corrected chi connectivity index (χ2v) is 4.97. The van der Waals surface area contributed by atoms with Crippen molar-refractivity contribution in [3.8, 4) is 0 Å². The molecule has 0 fully saturated rings. The van der Waals surface area contributed by atoms with Gasteiger partial charge in [-0.15, -0.1) is 0 Å². The average Bonchev–Trinajstić information content (AvgIpc) is 2.28. The molecule has 98 valence electrons. The molecule has 0 aromatic heterocycles. The van der Waals surface area contributed by atoms with Gasteiger partial charge in [-0.2, -0.15) is 0 Å². The minimum absolute atomic E-state index is 0.329. The summed E-state index contributed by atoms with van der Waals surface area (Å²) in [4.78, 5) is 0. The molecule has 2 heteroatoms. The molecule has 0 saturated heterocycles. The lowest BCUT2D eigenvalue weighted by atomic mass is 9.81. The highest BCUT2D eigenvalue weighted by Crippen LogP contribution is 2.28. The topological polar surface area (TPSA) is 18.5 Å². The summed E-state index contributed by atoms with van der Waals surface area (Å²) in [6.45, 7) is 9.88. The number of ether oxygens (including phenoxy) is 2. The monoisotopic (exact) mass is 230 g/mol. The van der Waals surface area contributed by atoms with Gasteiger partial charge in [0.2, 0.25) is 0 Å². The van der Waals surface area contributed by atoms with Gasteiger partial charge in [0.05, 0.1) is 12.7 Å². The van der Waals surface area contributed by atoms with E-state index in [-0.39, 0.29) is 0 Å². The zero-order valence-electron chi connectivity index (χ0n) is 12.0. The first-order valence-corrected chi connectivity index (χ1v) is 6.63. The SMILES string of the molecule is CCCC(C)C(OC)C(COC)C(C)CC. The van der Waals surface area contributed by atoms with Crippen molar-refractivity contribution in [2.75, 3.05) is 20.8 Å². The smallest absolute Gasteiger partial charge is 0.0649 e. The van der Waals surface area contributed by atoms with Crippen LogP contribution in [0.5, 0.6) is 0 Å². The van der Waals surface area contributed by atoms with E-state index in [0.717, 1.165) is 6.61 Å². The fraction of sp³-hybridized carbons (Fsp3) is 1.00. The van der Waals surface area contributed by atoms with Gasteiger partial charge in [0.1, 0.15) is 0 Å². The second-order valence-electron chi connectivity index (χ2n) is 4.97. The van der Waals surface area contributed by atoms with Crippen LogP contribution < -0.4 is 0 Å². The molecule has 4 atom stereocenters. The summed E-state index contributed by atoms with van der Waals surface area (Å²) in [5.41, 5.74) is 0. The molecule has 0 radical (unpaired) electrons. The van der Waals surface area contributed by atoms with Gasteiger partial charge in [-0.05, 0) is 18.3 Å². The summed E-state index contributed by atoms with van der Waals surface area (Å²) < 4.78 is 11.1. The Morgan fingerprint density at radius 3 is 2.00 bits per heavy atom. The van der Waals surface area contributed by atoms with Gasteiger partial charge in [0, 0.05) is 20.1 Å². The molecule has 0 spiro atoms. The van der Waals surface area contributed by atoms with Crippen molar-refractivity contribution in [1.82, 2.24) is 0 Å². The molecule has 0 heterocycles. The predicted octanol–water partition coefficient (Wildman–Crippen LogP) is 3.75. The minimum Gasteiger partial charge on any atom is -0.384 e. The Labute approximate surface area is 102 Å². The lowest BCUT2D eigenvalue weighted by Crippen LogP contribution is -2.36. The molecule has 0 rings (SSSR count). The van der Waals surface area contributed by atoms with Crippen LogP contribution in [0.3, 0.4) is 0 Å². The Kier molecular flexibility index (Phi) is 8.96. The Bertz CT molecular complexity index is 159. The van der Waals surface area contributed by atoms with E-state index in [1.165, 1.54) is 19.3 Å². The second kappa shape index (κ2) is 9.00. The molecule has 0 amide bonds. The van der Waals surface area contributed by atoms with Gasteiger partial charge in [0.25, 0.3) is 0 Å². The minimum atomic E-state index is 0.329. The molecule has 4 unspecified atom stereocenters. The summed E-state index contributed by atoms with van der Waals surface area (Å²) in [5.74, 6) is 1.79. The van der Waals surface area contributed by atoms with E-state index in [9.17, 15) is 0 Å². The lowest BCUT2D eigenvalue weighted by Gasteiger charge is -2.34. The molecule has 0 aliphatic heterocycles. The summed E-state index contributed by atoms with van der Waals surface area (Å²) in [7, 11) is 3.62. The zero-order valence-corrected chi connectivity index (χ0v) is 12.0. The van der Waals surface area contributed by atoms with E-state index in [1.54, 1.807) is 7.11 Å². The molecule has 0 saturated carbocycles. The van der Waals surface area contributed by atoms with Gasteiger partial charge in [0.15, 0.2) is 0 Å². The first-order valence-electron chi connectivity index (χ1n) is 6.63. The maximum atomic E-state index is 5.72. The van der Waals surface area contributed by atoms with Crippen molar-refractivity contribution < 1.29 is 9.47 Å². The number of hydrogen-bond donors (Lipinski definition) is 0. The van der Waals surface area contributed by atoms with E-state index >= 15 is 0 Å². The third kappa shape index (κ3) is 4.84. The van der Waals surface area contributed by atoms with Crippen molar-refractivity contribution in [1.29, 1.82) is 0 Å². The first kappa shape index (κ1) is 15.9. The molecule has 16 heavy (non-hydrogen) atoms. The van der Waals surface area contributed by atoms with Gasteiger partial charge in [-0.25, -0.2) is 0 Å². The van der Waals surface area contributed by atoms with Gasteiger partial charge in [-0.3, -0.25) is 0 Å². The molecular formula is C14H30O2. The third-order valence-corrected chi connectivity index (χ3v) is 3.73. The molecule has 0 aromatic carbocycles. The van der Waals surface area contributed by atoms with Crippen LogP contribution in [0.2, 0.25) is 0 Å². The van der Waals surface area contributed by atoms with E-state index < -0.39 is 0 Å². The van der Waals surface area contributed by atoms with E-state index in [1.807, 2.05) is 7.11 Å². The van der Waals surface area contributed by atoms with Crippen molar-refractivity contribution in [2.24, 2.45) is 17.8 Å². The van der Waals surface area contributed by atoms with Crippen LogP contribution in [-0.4, -0.2) is 26.9 Å². The molecule has 0 bridgehead atoms. The highest BCUT2D eigenvalue weighted by molar-refractivity contribution is 4.78. The van der Waals surface area contributed by atoms with Crippen LogP contribution in [0, 0.1) is 17.8 Å². The third-order valence-electron chi connectivity index (χ3n) is 3.73. The van der Waals surface area contributed by atoms with Crippen LogP contribution in [0.4, 0.5) is 0 Å². The average molecular weight is 230 g/mol. The van der Waals surface area contributed by atoms with Crippen molar-refractivity contribution in [2.45, 2.75) is 53.1 Å². The molecule has 0 aromatic rings. The van der Waals surface area contributed by atoms with E-state index in [2.05, 4.69) is 27.7 Å². The van der Waals surface area contributed by atoms with Gasteiger partial charge < -0.3 is 9.47 Å². The summed E-state index contributed by atoms with van der Waals surface area (Å²) in [6, 6.07) is 0.